The quantitative estimate of drug-likeness (QED) is 0.139. The predicted molar refractivity (Wildman–Crippen MR) is 175 cm³/mol. The molecule has 3 atom stereocenters. The second kappa shape index (κ2) is 17.9. The third-order valence-corrected chi connectivity index (χ3v) is 6.63. The zero-order valence-electron chi connectivity index (χ0n) is 29.7. The van der Waals surface area contributed by atoms with Crippen molar-refractivity contribution in [1.82, 2.24) is 15.5 Å². The Morgan fingerprint density at radius 1 is 0.870 bits per heavy atom. The number of carbonyl (C=O) groups is 5. The summed E-state index contributed by atoms with van der Waals surface area (Å²) >= 11 is 0. The number of alkyl carbamates (subject to hydrolysis) is 1. The fourth-order valence-electron chi connectivity index (χ4n) is 4.34. The first-order chi connectivity index (χ1) is 21.1. The van der Waals surface area contributed by atoms with Gasteiger partial charge in [0.2, 0.25) is 0 Å². The van der Waals surface area contributed by atoms with E-state index in [0.29, 0.717) is 25.3 Å². The van der Waals surface area contributed by atoms with Gasteiger partial charge in [-0.25, -0.2) is 19.2 Å². The first-order valence-electron chi connectivity index (χ1n) is 16.0. The monoisotopic (exact) mass is 651 g/mol. The number of hydrogen-bond acceptors (Lipinski definition) is 9. The van der Waals surface area contributed by atoms with Crippen LogP contribution in [0.15, 0.2) is 23.8 Å². The molecule has 1 rings (SSSR count). The molecule has 0 saturated heterocycles. The van der Waals surface area contributed by atoms with Gasteiger partial charge >= 0.3 is 30.0 Å². The lowest BCUT2D eigenvalue weighted by atomic mass is 9.94. The van der Waals surface area contributed by atoms with Gasteiger partial charge in [-0.1, -0.05) is 25.2 Å². The van der Waals surface area contributed by atoms with Gasteiger partial charge in [0.25, 0.3) is 0 Å². The van der Waals surface area contributed by atoms with Crippen LogP contribution in [0.2, 0.25) is 0 Å². The lowest BCUT2D eigenvalue weighted by Crippen LogP contribution is -2.53. The van der Waals surface area contributed by atoms with Crippen molar-refractivity contribution in [1.29, 1.82) is 0 Å². The molecule has 0 saturated carbocycles. The highest BCUT2D eigenvalue weighted by molar-refractivity contribution is 5.87. The number of carbonyl (C=O) groups excluding carboxylic acids is 5. The van der Waals surface area contributed by atoms with Crippen LogP contribution >= 0.6 is 0 Å². The van der Waals surface area contributed by atoms with E-state index < -0.39 is 58.9 Å². The molecule has 1 unspecified atom stereocenters. The second-order valence-electron chi connectivity index (χ2n) is 14.6. The van der Waals surface area contributed by atoms with Crippen LogP contribution in [0.25, 0.3) is 0 Å². The number of rotatable bonds is 14. The lowest BCUT2D eigenvalue weighted by molar-refractivity contribution is -0.160. The fraction of sp³-hybridized carbons (Fsp3) is 0.735. The topological polar surface area (TPSA) is 150 Å². The molecule has 0 aliphatic heterocycles. The summed E-state index contributed by atoms with van der Waals surface area (Å²) in [6, 6.07) is -2.86. The first-order valence-corrected chi connectivity index (χ1v) is 16.0. The van der Waals surface area contributed by atoms with Crippen molar-refractivity contribution in [2.45, 2.75) is 137 Å². The summed E-state index contributed by atoms with van der Waals surface area (Å²) in [4.78, 5) is 65.3. The van der Waals surface area contributed by atoms with Crippen LogP contribution < -0.4 is 10.6 Å². The van der Waals surface area contributed by atoms with Gasteiger partial charge in [-0.05, 0) is 106 Å². The van der Waals surface area contributed by atoms with E-state index in [-0.39, 0.29) is 25.9 Å². The molecule has 3 amide bonds. The summed E-state index contributed by atoms with van der Waals surface area (Å²) in [5.74, 6) is -1.52. The highest BCUT2D eigenvalue weighted by Gasteiger charge is 2.34. The van der Waals surface area contributed by atoms with E-state index in [0.717, 1.165) is 12.0 Å². The van der Waals surface area contributed by atoms with Crippen molar-refractivity contribution in [2.75, 3.05) is 20.2 Å². The Hall–Kier alpha value is -3.57. The maximum absolute atomic E-state index is 13.4. The molecule has 0 radical (unpaired) electrons. The van der Waals surface area contributed by atoms with Gasteiger partial charge in [0, 0.05) is 20.0 Å². The Morgan fingerprint density at radius 2 is 1.46 bits per heavy atom. The molecular formula is C34H57N3O9. The molecule has 0 heterocycles. The average molecular weight is 652 g/mol. The van der Waals surface area contributed by atoms with Crippen LogP contribution in [0, 0.1) is 5.92 Å². The van der Waals surface area contributed by atoms with Crippen LogP contribution in [0.4, 0.5) is 9.59 Å². The first kappa shape index (κ1) is 40.5. The number of nitrogens with one attached hydrogen (secondary N) is 2. The summed E-state index contributed by atoms with van der Waals surface area (Å²) in [7, 11) is 1.44. The van der Waals surface area contributed by atoms with Gasteiger partial charge in [-0.3, -0.25) is 4.79 Å². The highest BCUT2D eigenvalue weighted by Crippen LogP contribution is 2.20. The van der Waals surface area contributed by atoms with E-state index in [4.69, 9.17) is 18.9 Å². The molecular weight excluding hydrogens is 594 g/mol. The number of amides is 3. The Morgan fingerprint density at radius 3 is 2.02 bits per heavy atom. The minimum Gasteiger partial charge on any atom is -0.460 e. The Bertz CT molecular complexity index is 1110. The van der Waals surface area contributed by atoms with Crippen molar-refractivity contribution in [3.8, 4) is 0 Å². The minimum atomic E-state index is -1.17. The van der Waals surface area contributed by atoms with Crippen molar-refractivity contribution in [3.63, 3.8) is 0 Å². The summed E-state index contributed by atoms with van der Waals surface area (Å²) in [6.07, 6.45) is 7.41. The Kier molecular flexibility index (Phi) is 15.8. The number of hydrogen-bond donors (Lipinski definition) is 2. The summed E-state index contributed by atoms with van der Waals surface area (Å²) in [5, 5.41) is 5.35. The number of allylic oxidation sites excluding steroid dienone is 3. The molecule has 2 N–H and O–H groups in total. The molecule has 0 bridgehead atoms. The van der Waals surface area contributed by atoms with Crippen molar-refractivity contribution < 1.29 is 42.9 Å². The van der Waals surface area contributed by atoms with Crippen molar-refractivity contribution in [2.24, 2.45) is 5.92 Å². The molecule has 1 aliphatic carbocycles. The standard InChI is InChI=1S/C34H57N3O9/c1-23-16-12-13-17-24(23)22-43-31(42)35-21-15-14-18-26(29(40)46-34(8,9)10)37(11)30(41)36-25(28(39)45-33(5,6)7)19-20-27(38)44-32(2,3)4/h12-13,17,23,25-26H,14-16,18-22H2,1-11H3,(H,35,42)(H,36,41)/t23?,25-,26-/m0/s1. The Labute approximate surface area is 275 Å². The fourth-order valence-corrected chi connectivity index (χ4v) is 4.34. The molecule has 12 nitrogen and oxygen atoms in total. The second-order valence-corrected chi connectivity index (χ2v) is 14.6. The maximum Gasteiger partial charge on any atom is 0.407 e. The van der Waals surface area contributed by atoms with Gasteiger partial charge in [-0.15, -0.1) is 0 Å². The van der Waals surface area contributed by atoms with Crippen LogP contribution in [-0.2, 0) is 33.3 Å². The smallest absolute Gasteiger partial charge is 0.407 e. The van der Waals surface area contributed by atoms with Crippen LogP contribution in [0.1, 0.15) is 108 Å². The molecule has 0 spiro atoms. The largest absolute Gasteiger partial charge is 0.460 e. The van der Waals surface area contributed by atoms with Gasteiger partial charge < -0.3 is 34.5 Å². The third kappa shape index (κ3) is 17.2. The molecule has 46 heavy (non-hydrogen) atoms. The number of ether oxygens (including phenoxy) is 4. The Balaban J connectivity index is 2.86. The number of unbranched alkanes of at least 4 members (excludes halogenated alkanes) is 1. The number of likely N-dealkylation sites (N-methyl/N-ethyl adjacent to an activating group) is 1. The SMILES string of the molecule is CC1CC=CC=C1COC(=O)NCCCC[C@@H](C(=O)OC(C)(C)C)N(C)C(=O)N[C@@H](CCC(=O)OC(C)(C)C)C(=O)OC(C)(C)C. The summed E-state index contributed by atoms with van der Waals surface area (Å²) in [6.45, 7) is 18.1. The molecule has 1 aliphatic rings. The number of urea groups is 1. The molecule has 262 valence electrons. The molecule has 0 aromatic carbocycles. The van der Waals surface area contributed by atoms with Crippen molar-refractivity contribution >= 4 is 30.0 Å². The minimum absolute atomic E-state index is 0.0603. The molecule has 0 fully saturated rings. The van der Waals surface area contributed by atoms with E-state index in [1.165, 1.54) is 11.9 Å². The molecule has 12 heteroatoms. The third-order valence-electron chi connectivity index (χ3n) is 6.63. The van der Waals surface area contributed by atoms with E-state index >= 15 is 0 Å². The van der Waals surface area contributed by atoms with Gasteiger partial charge in [0.05, 0.1) is 0 Å². The predicted octanol–water partition coefficient (Wildman–Crippen LogP) is 5.59. The van der Waals surface area contributed by atoms with Gasteiger partial charge in [0.1, 0.15) is 35.5 Å². The molecule has 0 aromatic rings. The van der Waals surface area contributed by atoms with Crippen LogP contribution in [0.3, 0.4) is 0 Å². The summed E-state index contributed by atoms with van der Waals surface area (Å²) < 4.78 is 21.8. The average Bonchev–Trinajstić information content (AvgIpc) is 2.89. The highest BCUT2D eigenvalue weighted by atomic mass is 16.6. The lowest BCUT2D eigenvalue weighted by Gasteiger charge is -2.31. The van der Waals surface area contributed by atoms with Crippen molar-refractivity contribution in [3.05, 3.63) is 23.8 Å². The maximum atomic E-state index is 13.4. The van der Waals surface area contributed by atoms with Gasteiger partial charge in [0.15, 0.2) is 0 Å². The normalized spacial score (nSPS) is 16.3. The number of nitrogens with zero attached hydrogens (tertiary/aromatic N) is 1. The molecule has 0 aromatic heterocycles. The van der Waals surface area contributed by atoms with E-state index in [1.54, 1.807) is 62.3 Å². The van der Waals surface area contributed by atoms with Gasteiger partial charge in [-0.2, -0.15) is 0 Å². The van der Waals surface area contributed by atoms with Crippen LogP contribution in [-0.4, -0.2) is 84.0 Å². The number of esters is 3. The summed E-state index contributed by atoms with van der Waals surface area (Å²) in [5.41, 5.74) is -1.29. The van der Waals surface area contributed by atoms with E-state index in [1.807, 2.05) is 12.2 Å². The van der Waals surface area contributed by atoms with E-state index in [2.05, 4.69) is 23.6 Å². The zero-order valence-corrected chi connectivity index (χ0v) is 29.7. The zero-order chi connectivity index (χ0) is 35.3. The van der Waals surface area contributed by atoms with E-state index in [9.17, 15) is 24.0 Å². The van der Waals surface area contributed by atoms with Crippen LogP contribution in [0.5, 0.6) is 0 Å².